The minimum Gasteiger partial charge on any atom is -0.372 e. The van der Waals surface area contributed by atoms with Crippen molar-refractivity contribution in [3.05, 3.63) is 59.7 Å². The predicted octanol–water partition coefficient (Wildman–Crippen LogP) is 4.80. The molecule has 1 atom stereocenters. The molecule has 1 N–H and O–H groups in total. The number of carbonyl (C=O) groups is 1. The van der Waals surface area contributed by atoms with Crippen LogP contribution < -0.4 is 10.2 Å². The molecule has 2 aromatic rings. The van der Waals surface area contributed by atoms with E-state index in [4.69, 9.17) is 0 Å². The summed E-state index contributed by atoms with van der Waals surface area (Å²) in [5.41, 5.74) is 4.22. The van der Waals surface area contributed by atoms with Crippen molar-refractivity contribution in [3.8, 4) is 0 Å². The van der Waals surface area contributed by atoms with E-state index in [2.05, 4.69) is 39.4 Å². The first-order valence-corrected chi connectivity index (χ1v) is 10.3. The lowest BCUT2D eigenvalue weighted by atomic mass is 10.0. The largest absolute Gasteiger partial charge is 0.372 e. The highest BCUT2D eigenvalue weighted by atomic mass is 16.2. The quantitative estimate of drug-likeness (QED) is 0.853. The maximum Gasteiger partial charge on any atom is 0.258 e. The molecule has 2 heterocycles. The second kappa shape index (κ2) is 6.91. The summed E-state index contributed by atoms with van der Waals surface area (Å²) < 4.78 is 0. The number of benzene rings is 2. The van der Waals surface area contributed by atoms with E-state index in [-0.39, 0.29) is 12.1 Å². The van der Waals surface area contributed by atoms with Gasteiger partial charge in [-0.3, -0.25) is 4.79 Å². The molecule has 4 nitrogen and oxygen atoms in total. The zero-order valence-corrected chi connectivity index (χ0v) is 15.7. The number of para-hydroxylation sites is 1. The van der Waals surface area contributed by atoms with Gasteiger partial charge < -0.3 is 15.1 Å². The molecule has 0 unspecified atom stereocenters. The number of carbonyl (C=O) groups excluding carboxylic acids is 1. The number of anilines is 2. The van der Waals surface area contributed by atoms with Crippen molar-refractivity contribution in [2.45, 2.75) is 50.7 Å². The van der Waals surface area contributed by atoms with E-state index >= 15 is 0 Å². The molecule has 1 saturated carbocycles. The summed E-state index contributed by atoms with van der Waals surface area (Å²) in [5, 5.41) is 3.62. The van der Waals surface area contributed by atoms with Crippen molar-refractivity contribution in [3.63, 3.8) is 0 Å². The molecule has 4 heteroatoms. The number of nitrogens with zero attached hydrogens (tertiary/aromatic N) is 2. The predicted molar refractivity (Wildman–Crippen MR) is 109 cm³/mol. The number of fused-ring (bicyclic) bond motifs is 1. The van der Waals surface area contributed by atoms with Crippen LogP contribution in [0, 0.1) is 0 Å². The molecule has 1 saturated heterocycles. The molecule has 0 aromatic heterocycles. The van der Waals surface area contributed by atoms with Gasteiger partial charge in [0, 0.05) is 30.5 Å². The van der Waals surface area contributed by atoms with Crippen LogP contribution in [-0.2, 0) is 0 Å². The van der Waals surface area contributed by atoms with Crippen LogP contribution in [0.3, 0.4) is 0 Å². The number of hydrogen-bond acceptors (Lipinski definition) is 3. The third kappa shape index (κ3) is 3.18. The van der Waals surface area contributed by atoms with Crippen molar-refractivity contribution in [2.24, 2.45) is 0 Å². The van der Waals surface area contributed by atoms with Crippen molar-refractivity contribution in [1.82, 2.24) is 4.90 Å². The zero-order valence-electron chi connectivity index (χ0n) is 15.7. The second-order valence-corrected chi connectivity index (χ2v) is 8.03. The van der Waals surface area contributed by atoms with Gasteiger partial charge in [-0.25, -0.2) is 0 Å². The van der Waals surface area contributed by atoms with Crippen molar-refractivity contribution in [2.75, 3.05) is 23.3 Å². The van der Waals surface area contributed by atoms with Gasteiger partial charge in [0.25, 0.3) is 5.91 Å². The van der Waals surface area contributed by atoms with Crippen LogP contribution in [0.5, 0.6) is 0 Å². The second-order valence-electron chi connectivity index (χ2n) is 8.03. The van der Waals surface area contributed by atoms with E-state index in [1.54, 1.807) is 0 Å². The molecule has 0 radical (unpaired) electrons. The Morgan fingerprint density at radius 3 is 2.26 bits per heavy atom. The summed E-state index contributed by atoms with van der Waals surface area (Å²) in [6.07, 6.45) is 7.41. The Kier molecular flexibility index (Phi) is 4.27. The Bertz CT molecular complexity index is 820. The topological polar surface area (TPSA) is 35.6 Å². The molecular weight excluding hydrogens is 334 g/mol. The monoisotopic (exact) mass is 361 g/mol. The minimum absolute atomic E-state index is 0.0712. The molecule has 2 fully saturated rings. The van der Waals surface area contributed by atoms with E-state index in [9.17, 15) is 4.79 Å². The average Bonchev–Trinajstić information content (AvgIpc) is 3.55. The SMILES string of the molecule is O=C1c2ccccc2N[C@H](c2ccc(N3CCCCCC3)cc2)N1C1CC1. The van der Waals surface area contributed by atoms with E-state index < -0.39 is 0 Å². The van der Waals surface area contributed by atoms with E-state index in [0.29, 0.717) is 6.04 Å². The molecule has 2 aliphatic heterocycles. The number of nitrogens with one attached hydrogen (secondary N) is 1. The summed E-state index contributed by atoms with van der Waals surface area (Å²) in [7, 11) is 0. The highest BCUT2D eigenvalue weighted by Crippen LogP contribution is 2.41. The fourth-order valence-corrected chi connectivity index (χ4v) is 4.44. The van der Waals surface area contributed by atoms with Gasteiger partial charge in [0.15, 0.2) is 0 Å². The summed E-state index contributed by atoms with van der Waals surface area (Å²) >= 11 is 0. The molecule has 0 spiro atoms. The van der Waals surface area contributed by atoms with Crippen LogP contribution >= 0.6 is 0 Å². The molecule has 3 aliphatic rings. The summed E-state index contributed by atoms with van der Waals surface area (Å²) in [6, 6.07) is 17.1. The van der Waals surface area contributed by atoms with Gasteiger partial charge in [-0.05, 0) is 55.5 Å². The first kappa shape index (κ1) is 16.7. The molecule has 1 amide bonds. The van der Waals surface area contributed by atoms with Crippen LogP contribution in [0.4, 0.5) is 11.4 Å². The van der Waals surface area contributed by atoms with E-state index in [1.165, 1.54) is 36.9 Å². The van der Waals surface area contributed by atoms with E-state index in [1.807, 2.05) is 24.3 Å². The van der Waals surface area contributed by atoms with Crippen LogP contribution in [0.25, 0.3) is 0 Å². The normalized spacial score (nSPS) is 22.8. The van der Waals surface area contributed by atoms with Gasteiger partial charge >= 0.3 is 0 Å². The maximum absolute atomic E-state index is 13.1. The molecule has 2 aromatic carbocycles. The van der Waals surface area contributed by atoms with Crippen LogP contribution in [0.1, 0.15) is 60.6 Å². The number of rotatable bonds is 3. The summed E-state index contributed by atoms with van der Waals surface area (Å²) in [4.78, 5) is 17.7. The maximum atomic E-state index is 13.1. The third-order valence-electron chi connectivity index (χ3n) is 6.08. The molecule has 140 valence electrons. The lowest BCUT2D eigenvalue weighted by Crippen LogP contribution is -2.44. The van der Waals surface area contributed by atoms with E-state index in [0.717, 1.165) is 37.2 Å². The van der Waals surface area contributed by atoms with Gasteiger partial charge in [-0.2, -0.15) is 0 Å². The van der Waals surface area contributed by atoms with Crippen LogP contribution in [0.2, 0.25) is 0 Å². The Morgan fingerprint density at radius 1 is 0.852 bits per heavy atom. The summed E-state index contributed by atoms with van der Waals surface area (Å²) in [6.45, 7) is 2.31. The number of amides is 1. The summed E-state index contributed by atoms with van der Waals surface area (Å²) in [5.74, 6) is 0.161. The third-order valence-corrected chi connectivity index (χ3v) is 6.08. The lowest BCUT2D eigenvalue weighted by Gasteiger charge is -2.38. The fraction of sp³-hybridized carbons (Fsp3) is 0.435. The van der Waals surface area contributed by atoms with Crippen LogP contribution in [0.15, 0.2) is 48.5 Å². The fourth-order valence-electron chi connectivity index (χ4n) is 4.44. The van der Waals surface area contributed by atoms with Crippen molar-refractivity contribution >= 4 is 17.3 Å². The van der Waals surface area contributed by atoms with Gasteiger partial charge in [-0.15, -0.1) is 0 Å². The smallest absolute Gasteiger partial charge is 0.258 e. The minimum atomic E-state index is -0.0712. The first-order chi connectivity index (χ1) is 13.3. The van der Waals surface area contributed by atoms with Crippen molar-refractivity contribution in [1.29, 1.82) is 0 Å². The van der Waals surface area contributed by atoms with Gasteiger partial charge in [0.1, 0.15) is 6.17 Å². The molecule has 27 heavy (non-hydrogen) atoms. The number of hydrogen-bond donors (Lipinski definition) is 1. The highest BCUT2D eigenvalue weighted by molar-refractivity contribution is 6.02. The van der Waals surface area contributed by atoms with Crippen LogP contribution in [-0.4, -0.2) is 29.9 Å². The van der Waals surface area contributed by atoms with Crippen molar-refractivity contribution < 1.29 is 4.79 Å². The van der Waals surface area contributed by atoms with Gasteiger partial charge in [0.05, 0.1) is 5.56 Å². The molecule has 1 aliphatic carbocycles. The highest BCUT2D eigenvalue weighted by Gasteiger charge is 2.41. The zero-order chi connectivity index (χ0) is 18.2. The lowest BCUT2D eigenvalue weighted by molar-refractivity contribution is 0.0666. The Hall–Kier alpha value is -2.49. The van der Waals surface area contributed by atoms with Gasteiger partial charge in [-0.1, -0.05) is 37.1 Å². The Balaban J connectivity index is 1.43. The molecule has 5 rings (SSSR count). The Morgan fingerprint density at radius 2 is 1.56 bits per heavy atom. The first-order valence-electron chi connectivity index (χ1n) is 10.3. The van der Waals surface area contributed by atoms with Gasteiger partial charge in [0.2, 0.25) is 0 Å². The molecule has 0 bridgehead atoms. The molecular formula is C23H27N3O. The Labute approximate surface area is 161 Å². The standard InChI is InChI=1S/C23H27N3O/c27-23-20-7-3-4-8-21(20)24-22(26(23)19-13-14-19)17-9-11-18(12-10-17)25-15-5-1-2-6-16-25/h3-4,7-12,19,22,24H,1-2,5-6,13-16H2/t22-/m0/s1. The average molecular weight is 361 g/mol.